The minimum Gasteiger partial charge on any atom is -0.550 e. The van der Waals surface area contributed by atoms with Gasteiger partial charge in [-0.15, -0.1) is 0 Å². The van der Waals surface area contributed by atoms with Gasteiger partial charge >= 0.3 is 23.9 Å². The molecule has 0 amide bonds. The van der Waals surface area contributed by atoms with Crippen molar-refractivity contribution < 1.29 is 19.8 Å². The van der Waals surface area contributed by atoms with Crippen LogP contribution in [-0.4, -0.2) is 35.8 Å². The van der Waals surface area contributed by atoms with E-state index in [4.69, 9.17) is 0 Å². The van der Waals surface area contributed by atoms with Crippen molar-refractivity contribution in [3.63, 3.8) is 0 Å². The van der Waals surface area contributed by atoms with E-state index in [1.807, 2.05) is 13.0 Å². The Labute approximate surface area is 215 Å². The van der Waals surface area contributed by atoms with Crippen LogP contribution >= 0.6 is 0 Å². The van der Waals surface area contributed by atoms with Gasteiger partial charge in [-0.2, -0.15) is 0 Å². The molecule has 1 aromatic carbocycles. The summed E-state index contributed by atoms with van der Waals surface area (Å²) in [6, 6.07) is 6.79. The van der Waals surface area contributed by atoms with Crippen LogP contribution in [0.25, 0.3) is 0 Å². The molecule has 0 unspecified atom stereocenters. The average molecular weight is 553 g/mol. The van der Waals surface area contributed by atoms with Gasteiger partial charge in [0, 0.05) is 5.97 Å². The number of unbranched alkanes of at least 4 members (excludes halogenated alkanes) is 8. The van der Waals surface area contributed by atoms with Gasteiger partial charge in [-0.25, -0.2) is 0 Å². The number of carbonyl (C=O) groups excluding carboxylic acids is 2. The van der Waals surface area contributed by atoms with Gasteiger partial charge in [-0.3, -0.25) is 0 Å². The summed E-state index contributed by atoms with van der Waals surface area (Å²) < 4.78 is 0. The summed E-state index contributed by atoms with van der Waals surface area (Å²) in [4.78, 5) is 20.4. The number of rotatable bonds is 12. The van der Waals surface area contributed by atoms with Crippen molar-refractivity contribution in [3.8, 4) is 0 Å². The monoisotopic (exact) mass is 554 g/mol. The van der Waals surface area contributed by atoms with Gasteiger partial charge in [0.25, 0.3) is 0 Å². The molecule has 0 aliphatic heterocycles. The first-order valence-electron chi connectivity index (χ1n) is 11.9. The number of aromatic carboxylic acids is 1. The molecule has 0 fully saturated rings. The van der Waals surface area contributed by atoms with Crippen LogP contribution in [-0.2, 0) is 11.2 Å². The van der Waals surface area contributed by atoms with Crippen LogP contribution in [0.3, 0.4) is 0 Å². The number of carboxylic acid groups (broad SMARTS) is 2. The van der Waals surface area contributed by atoms with E-state index >= 15 is 0 Å². The number of hydrogen-bond donors (Lipinski definition) is 0. The van der Waals surface area contributed by atoms with Gasteiger partial charge in [0.15, 0.2) is 0 Å². The molecule has 4 radical (unpaired) electrons. The molecule has 0 aliphatic carbocycles. The zero-order valence-electron chi connectivity index (χ0n) is 21.0. The van der Waals surface area contributed by atoms with E-state index in [-0.39, 0.29) is 35.9 Å². The van der Waals surface area contributed by atoms with Gasteiger partial charge in [0.05, 0.1) is 5.97 Å². The molecule has 182 valence electrons. The van der Waals surface area contributed by atoms with Crippen molar-refractivity contribution in [3.05, 3.63) is 49.2 Å². The Kier molecular flexibility index (Phi) is 38.4. The molecule has 1 aromatic rings. The SMILES string of the molecule is CCCCCCCCCC(=O)[O-].CCc1cccc(C(=O)[O-])c1.[CH2]CCC.[CH2]CCC.[Sn+2]. The number of carbonyl (C=O) groups is 2. The number of carboxylic acids is 2. The predicted octanol–water partition coefficient (Wildman–Crippen LogP) is 5.35. The Morgan fingerprint density at radius 3 is 1.62 bits per heavy atom. The van der Waals surface area contributed by atoms with Crippen LogP contribution in [0.1, 0.15) is 121 Å². The second kappa shape index (κ2) is 32.1. The van der Waals surface area contributed by atoms with Crippen molar-refractivity contribution in [1.82, 2.24) is 0 Å². The topological polar surface area (TPSA) is 80.3 Å². The normalized spacial score (nSPS) is 8.94. The van der Waals surface area contributed by atoms with E-state index in [9.17, 15) is 19.8 Å². The Balaban J connectivity index is -0.000000180. The van der Waals surface area contributed by atoms with E-state index in [0.29, 0.717) is 0 Å². The molecule has 0 aliphatic rings. The molecule has 0 saturated heterocycles. The first-order chi connectivity index (χ1) is 14.8. The van der Waals surface area contributed by atoms with Crippen molar-refractivity contribution in [2.75, 3.05) is 0 Å². The van der Waals surface area contributed by atoms with Crippen molar-refractivity contribution in [1.29, 1.82) is 0 Å². The summed E-state index contributed by atoms with van der Waals surface area (Å²) in [5, 5.41) is 20.4. The molecule has 0 saturated carbocycles. The third-order valence-electron chi connectivity index (χ3n) is 4.26. The Morgan fingerprint density at radius 2 is 1.25 bits per heavy atom. The minimum atomic E-state index is -1.11. The van der Waals surface area contributed by atoms with E-state index < -0.39 is 11.9 Å². The first kappa shape index (κ1) is 38.2. The first-order valence-corrected chi connectivity index (χ1v) is 11.9. The summed E-state index contributed by atoms with van der Waals surface area (Å²) in [6.45, 7) is 15.6. The number of aliphatic carboxylic acids is 1. The fourth-order valence-electron chi connectivity index (χ4n) is 2.14. The molecule has 32 heavy (non-hydrogen) atoms. The standard InChI is InChI=1S/C10H20O2.C9H10O2.2C4H9.Sn/c1-2-3-4-5-6-7-8-9-10(11)12;1-2-7-4-3-5-8(6-7)9(10)11;2*1-3-4-2;/h2-9H2,1H3,(H,11,12);3-6H,2H2,1H3,(H,10,11);2*1,3-4H2,2H3;/q;;;;+2/p-2. The Bertz CT molecular complexity index is 510. The molecule has 0 bridgehead atoms. The molecular formula is C27H46O4Sn. The molecule has 0 atom stereocenters. The molecule has 0 heterocycles. The maximum Gasteiger partial charge on any atom is 2.00 e. The van der Waals surface area contributed by atoms with Gasteiger partial charge in [0.1, 0.15) is 0 Å². The number of benzene rings is 1. The second-order valence-electron chi connectivity index (χ2n) is 7.29. The average Bonchev–Trinajstić information content (AvgIpc) is 2.79. The summed E-state index contributed by atoms with van der Waals surface area (Å²) in [6.07, 6.45) is 13.7. The predicted molar refractivity (Wildman–Crippen MR) is 134 cm³/mol. The third kappa shape index (κ3) is 33.6. The van der Waals surface area contributed by atoms with E-state index in [1.54, 1.807) is 12.1 Å². The van der Waals surface area contributed by atoms with Crippen LogP contribution < -0.4 is 10.2 Å². The Morgan fingerprint density at radius 1 is 0.781 bits per heavy atom. The maximum absolute atomic E-state index is 10.4. The van der Waals surface area contributed by atoms with E-state index in [2.05, 4.69) is 34.6 Å². The minimum absolute atomic E-state index is 0. The fourth-order valence-corrected chi connectivity index (χ4v) is 2.14. The summed E-state index contributed by atoms with van der Waals surface area (Å²) in [5.74, 6) is -2.02. The summed E-state index contributed by atoms with van der Waals surface area (Å²) in [7, 11) is 0. The quantitative estimate of drug-likeness (QED) is 0.258. The number of aryl methyl sites for hydroxylation is 1. The van der Waals surface area contributed by atoms with Gasteiger partial charge in [0.2, 0.25) is 0 Å². The maximum atomic E-state index is 10.4. The molecule has 0 N–H and O–H groups in total. The molecule has 0 aromatic heterocycles. The van der Waals surface area contributed by atoms with Crippen molar-refractivity contribution in [2.45, 2.75) is 111 Å². The van der Waals surface area contributed by atoms with Crippen molar-refractivity contribution in [2.24, 2.45) is 0 Å². The van der Waals surface area contributed by atoms with Gasteiger partial charge in [-0.05, 0) is 36.5 Å². The van der Waals surface area contributed by atoms with Crippen LogP contribution in [0, 0.1) is 13.8 Å². The van der Waals surface area contributed by atoms with Gasteiger partial charge in [-0.1, -0.05) is 124 Å². The smallest absolute Gasteiger partial charge is 0.550 e. The molecule has 5 heteroatoms. The zero-order chi connectivity index (χ0) is 24.3. The van der Waals surface area contributed by atoms with E-state index in [0.717, 1.165) is 37.7 Å². The molecule has 0 spiro atoms. The van der Waals surface area contributed by atoms with Crippen LogP contribution in [0.5, 0.6) is 0 Å². The van der Waals surface area contributed by atoms with E-state index in [1.165, 1.54) is 51.0 Å². The van der Waals surface area contributed by atoms with Crippen molar-refractivity contribution >= 4 is 35.8 Å². The summed E-state index contributed by atoms with van der Waals surface area (Å²) in [5.41, 5.74) is 1.27. The molecule has 4 nitrogen and oxygen atoms in total. The second-order valence-corrected chi connectivity index (χ2v) is 7.29. The fraction of sp³-hybridized carbons (Fsp3) is 0.630. The number of hydrogen-bond acceptors (Lipinski definition) is 4. The molecular weight excluding hydrogens is 507 g/mol. The Hall–Kier alpha value is -1.04. The van der Waals surface area contributed by atoms with Gasteiger partial charge < -0.3 is 19.8 Å². The zero-order valence-corrected chi connectivity index (χ0v) is 23.9. The van der Waals surface area contributed by atoms with Crippen LogP contribution in [0.15, 0.2) is 24.3 Å². The third-order valence-corrected chi connectivity index (χ3v) is 4.26. The summed E-state index contributed by atoms with van der Waals surface area (Å²) >= 11 is 0. The van der Waals surface area contributed by atoms with Crippen LogP contribution in [0.2, 0.25) is 0 Å². The van der Waals surface area contributed by atoms with Crippen LogP contribution in [0.4, 0.5) is 0 Å². The largest absolute Gasteiger partial charge is 2.00 e. The molecule has 1 rings (SSSR count).